The lowest BCUT2D eigenvalue weighted by Crippen LogP contribution is -2.45. The molecule has 1 fully saturated rings. The Labute approximate surface area is 160 Å². The van der Waals surface area contributed by atoms with Crippen molar-refractivity contribution in [3.63, 3.8) is 0 Å². The van der Waals surface area contributed by atoms with E-state index in [0.717, 1.165) is 53.6 Å². The first-order chi connectivity index (χ1) is 12.8. The minimum absolute atomic E-state index is 0.166. The number of esters is 1. The van der Waals surface area contributed by atoms with E-state index in [4.69, 9.17) is 4.74 Å². The van der Waals surface area contributed by atoms with Gasteiger partial charge in [-0.2, -0.15) is 5.26 Å². The van der Waals surface area contributed by atoms with E-state index < -0.39 is 5.41 Å². The number of nitriles is 1. The van der Waals surface area contributed by atoms with Crippen molar-refractivity contribution in [3.05, 3.63) is 35.0 Å². The summed E-state index contributed by atoms with van der Waals surface area (Å²) in [6.07, 6.45) is 3.63. The largest absolute Gasteiger partial charge is 0.469 e. The number of methoxy groups -OCH3 is 1. The van der Waals surface area contributed by atoms with Crippen molar-refractivity contribution in [1.82, 2.24) is 4.98 Å². The number of nitrogens with zero attached hydrogens (tertiary/aromatic N) is 3. The maximum Gasteiger partial charge on any atom is 0.311 e. The SMILES string of the molecule is COC(=O)C(C)(C)C1CCCN(c2c(C#N)cnc3c(C)cc(C)cc23)C1. The predicted octanol–water partition coefficient (Wildman–Crippen LogP) is 4.14. The topological polar surface area (TPSA) is 66.2 Å². The Balaban J connectivity index is 2.09. The molecule has 0 bridgehead atoms. The average molecular weight is 365 g/mol. The maximum atomic E-state index is 12.3. The maximum absolute atomic E-state index is 12.3. The van der Waals surface area contributed by atoms with Crippen LogP contribution in [0.4, 0.5) is 5.69 Å². The molecular formula is C22H27N3O2. The third-order valence-electron chi connectivity index (χ3n) is 5.87. The minimum Gasteiger partial charge on any atom is -0.469 e. The second-order valence-corrected chi connectivity index (χ2v) is 8.11. The van der Waals surface area contributed by atoms with Gasteiger partial charge in [-0.3, -0.25) is 9.78 Å². The highest BCUT2D eigenvalue weighted by Gasteiger charge is 2.40. The van der Waals surface area contributed by atoms with E-state index in [0.29, 0.717) is 5.56 Å². The van der Waals surface area contributed by atoms with E-state index in [-0.39, 0.29) is 11.9 Å². The van der Waals surface area contributed by atoms with E-state index >= 15 is 0 Å². The van der Waals surface area contributed by atoms with Crippen molar-refractivity contribution < 1.29 is 9.53 Å². The summed E-state index contributed by atoms with van der Waals surface area (Å²) in [5, 5.41) is 10.7. The molecule has 1 aliphatic heterocycles. The Hall–Kier alpha value is -2.61. The summed E-state index contributed by atoms with van der Waals surface area (Å²) in [6, 6.07) is 6.54. The number of aryl methyl sites for hydroxylation is 2. The van der Waals surface area contributed by atoms with Crippen molar-refractivity contribution in [2.45, 2.75) is 40.5 Å². The molecule has 0 N–H and O–H groups in total. The number of anilines is 1. The van der Waals surface area contributed by atoms with Crippen LogP contribution in [0.25, 0.3) is 10.9 Å². The van der Waals surface area contributed by atoms with Gasteiger partial charge in [-0.25, -0.2) is 0 Å². The van der Waals surface area contributed by atoms with Crippen LogP contribution in [0.1, 0.15) is 43.4 Å². The normalized spacial score (nSPS) is 17.6. The van der Waals surface area contributed by atoms with Crippen LogP contribution in [-0.4, -0.2) is 31.2 Å². The number of pyridine rings is 1. The molecule has 1 aromatic heterocycles. The van der Waals surface area contributed by atoms with Crippen molar-refractivity contribution in [3.8, 4) is 6.07 Å². The molecule has 5 nitrogen and oxygen atoms in total. The van der Waals surface area contributed by atoms with Crippen LogP contribution in [0.5, 0.6) is 0 Å². The third kappa shape index (κ3) is 3.37. The molecule has 5 heteroatoms. The summed E-state index contributed by atoms with van der Waals surface area (Å²) in [5.41, 5.74) is 4.17. The number of ether oxygens (including phenoxy) is 1. The van der Waals surface area contributed by atoms with E-state index in [9.17, 15) is 10.1 Å². The molecule has 1 aliphatic rings. The molecule has 2 aromatic rings. The molecule has 1 atom stereocenters. The zero-order valence-corrected chi connectivity index (χ0v) is 16.8. The third-order valence-corrected chi connectivity index (χ3v) is 5.87. The second kappa shape index (κ2) is 7.19. The lowest BCUT2D eigenvalue weighted by Gasteiger charge is -2.41. The number of benzene rings is 1. The van der Waals surface area contributed by atoms with Gasteiger partial charge in [0.15, 0.2) is 0 Å². The van der Waals surface area contributed by atoms with E-state index in [1.165, 1.54) is 7.11 Å². The van der Waals surface area contributed by atoms with Crippen LogP contribution in [0.15, 0.2) is 18.3 Å². The first-order valence-corrected chi connectivity index (χ1v) is 9.43. The number of hydrogen-bond donors (Lipinski definition) is 0. The van der Waals surface area contributed by atoms with Crippen LogP contribution in [0.2, 0.25) is 0 Å². The van der Waals surface area contributed by atoms with Crippen molar-refractivity contribution in [2.24, 2.45) is 11.3 Å². The monoisotopic (exact) mass is 365 g/mol. The van der Waals surface area contributed by atoms with Gasteiger partial charge in [0.2, 0.25) is 0 Å². The standard InChI is InChI=1S/C22H27N3O2/c1-14-9-15(2)19-18(10-14)20(16(11-23)12-24-19)25-8-6-7-17(13-25)22(3,4)21(26)27-5/h9-10,12,17H,6-8,13H2,1-5H3. The highest BCUT2D eigenvalue weighted by Crippen LogP contribution is 2.39. The Morgan fingerprint density at radius 1 is 1.37 bits per heavy atom. The number of fused-ring (bicyclic) bond motifs is 1. The molecule has 1 saturated heterocycles. The number of carbonyl (C=O) groups is 1. The fourth-order valence-corrected chi connectivity index (χ4v) is 4.27. The molecule has 2 heterocycles. The van der Waals surface area contributed by atoms with Gasteiger partial charge in [0.25, 0.3) is 0 Å². The lowest BCUT2D eigenvalue weighted by atomic mass is 9.74. The molecule has 27 heavy (non-hydrogen) atoms. The van der Waals surface area contributed by atoms with Crippen LogP contribution in [0.3, 0.4) is 0 Å². The van der Waals surface area contributed by atoms with Gasteiger partial charge in [0, 0.05) is 24.7 Å². The highest BCUT2D eigenvalue weighted by molar-refractivity contribution is 5.96. The van der Waals surface area contributed by atoms with Gasteiger partial charge in [0.05, 0.1) is 29.3 Å². The van der Waals surface area contributed by atoms with Gasteiger partial charge < -0.3 is 9.64 Å². The molecule has 0 radical (unpaired) electrons. The number of hydrogen-bond acceptors (Lipinski definition) is 5. The quantitative estimate of drug-likeness (QED) is 0.765. The Morgan fingerprint density at radius 2 is 2.11 bits per heavy atom. The zero-order chi connectivity index (χ0) is 19.8. The van der Waals surface area contributed by atoms with E-state index in [1.54, 1.807) is 6.20 Å². The molecule has 0 saturated carbocycles. The van der Waals surface area contributed by atoms with Crippen molar-refractivity contribution in [2.75, 3.05) is 25.1 Å². The number of rotatable bonds is 3. The lowest BCUT2D eigenvalue weighted by molar-refractivity contribution is -0.154. The fourth-order valence-electron chi connectivity index (χ4n) is 4.27. The summed E-state index contributed by atoms with van der Waals surface area (Å²) in [7, 11) is 1.44. The van der Waals surface area contributed by atoms with Crippen LogP contribution in [0, 0.1) is 36.5 Å². The van der Waals surface area contributed by atoms with Gasteiger partial charge in [-0.1, -0.05) is 11.6 Å². The predicted molar refractivity (Wildman–Crippen MR) is 107 cm³/mol. The Morgan fingerprint density at radius 3 is 2.78 bits per heavy atom. The summed E-state index contributed by atoms with van der Waals surface area (Å²) in [4.78, 5) is 19.1. The van der Waals surface area contributed by atoms with Crippen molar-refractivity contribution in [1.29, 1.82) is 5.26 Å². The number of aromatic nitrogens is 1. The summed E-state index contributed by atoms with van der Waals surface area (Å²) in [6.45, 7) is 9.62. The second-order valence-electron chi connectivity index (χ2n) is 8.11. The summed E-state index contributed by atoms with van der Waals surface area (Å²) < 4.78 is 5.04. The molecule has 1 aromatic carbocycles. The Kier molecular flexibility index (Phi) is 5.10. The summed E-state index contributed by atoms with van der Waals surface area (Å²) >= 11 is 0. The average Bonchev–Trinajstić information content (AvgIpc) is 2.66. The van der Waals surface area contributed by atoms with E-state index in [2.05, 4.69) is 41.9 Å². The highest BCUT2D eigenvalue weighted by atomic mass is 16.5. The minimum atomic E-state index is -0.561. The van der Waals surface area contributed by atoms with Crippen molar-refractivity contribution >= 4 is 22.6 Å². The molecule has 0 aliphatic carbocycles. The summed E-state index contributed by atoms with van der Waals surface area (Å²) in [5.74, 6) is -0.0134. The smallest absolute Gasteiger partial charge is 0.311 e. The molecule has 3 rings (SSSR count). The van der Waals surface area contributed by atoms with E-state index in [1.807, 2.05) is 13.8 Å². The number of carbonyl (C=O) groups excluding carboxylic acids is 1. The molecule has 1 unspecified atom stereocenters. The van der Waals surface area contributed by atoms with Gasteiger partial charge in [-0.05, 0) is 58.1 Å². The van der Waals surface area contributed by atoms with Crippen LogP contribution in [-0.2, 0) is 9.53 Å². The molecule has 0 spiro atoms. The van der Waals surface area contributed by atoms with Gasteiger partial charge in [0.1, 0.15) is 6.07 Å². The van der Waals surface area contributed by atoms with Crippen LogP contribution < -0.4 is 4.90 Å². The number of piperidine rings is 1. The van der Waals surface area contributed by atoms with Gasteiger partial charge in [-0.15, -0.1) is 0 Å². The molecule has 142 valence electrons. The molecular weight excluding hydrogens is 338 g/mol. The Bertz CT molecular complexity index is 927. The molecule has 0 amide bonds. The van der Waals surface area contributed by atoms with Crippen LogP contribution >= 0.6 is 0 Å². The fraction of sp³-hybridized carbons (Fsp3) is 0.500. The first kappa shape index (κ1) is 19.2. The first-order valence-electron chi connectivity index (χ1n) is 9.43. The zero-order valence-electron chi connectivity index (χ0n) is 16.8. The van der Waals surface area contributed by atoms with Gasteiger partial charge >= 0.3 is 5.97 Å².